The van der Waals surface area contributed by atoms with Gasteiger partial charge in [0.1, 0.15) is 17.2 Å². The third kappa shape index (κ3) is 4.92. The van der Waals surface area contributed by atoms with Crippen molar-refractivity contribution in [2.75, 3.05) is 32.1 Å². The molecule has 0 saturated heterocycles. The van der Waals surface area contributed by atoms with Gasteiger partial charge in [0.15, 0.2) is 6.61 Å². The van der Waals surface area contributed by atoms with Crippen LogP contribution in [0.25, 0.3) is 0 Å². The number of hydrogen-bond donors (Lipinski definition) is 3. The Hall–Kier alpha value is -2.73. The van der Waals surface area contributed by atoms with Crippen molar-refractivity contribution in [2.45, 2.75) is 25.7 Å². The van der Waals surface area contributed by atoms with Gasteiger partial charge in [-0.1, -0.05) is 19.1 Å². The molecule has 1 heterocycles. The van der Waals surface area contributed by atoms with E-state index in [2.05, 4.69) is 24.2 Å². The zero-order valence-corrected chi connectivity index (χ0v) is 15.7. The summed E-state index contributed by atoms with van der Waals surface area (Å²) in [7, 11) is 2.07. The largest absolute Gasteiger partial charge is 0.508 e. The van der Waals surface area contributed by atoms with Gasteiger partial charge in [-0.05, 0) is 56.1 Å². The van der Waals surface area contributed by atoms with Crippen LogP contribution in [0.15, 0.2) is 36.4 Å². The SMILES string of the molecule is CC(CCN(C)CCc1cc(O)cc2c1OCC(=O)N2)c1ccc(O)cc1. The van der Waals surface area contributed by atoms with Gasteiger partial charge in [-0.15, -0.1) is 0 Å². The summed E-state index contributed by atoms with van der Waals surface area (Å²) in [5.74, 6) is 1.26. The highest BCUT2D eigenvalue weighted by Crippen LogP contribution is 2.36. The van der Waals surface area contributed by atoms with Gasteiger partial charge in [-0.3, -0.25) is 4.79 Å². The van der Waals surface area contributed by atoms with E-state index < -0.39 is 0 Å². The van der Waals surface area contributed by atoms with E-state index in [9.17, 15) is 15.0 Å². The summed E-state index contributed by atoms with van der Waals surface area (Å²) in [5, 5.41) is 22.0. The molecule has 0 spiro atoms. The van der Waals surface area contributed by atoms with Crippen molar-refractivity contribution in [1.29, 1.82) is 0 Å². The van der Waals surface area contributed by atoms with Crippen molar-refractivity contribution in [3.63, 3.8) is 0 Å². The first-order valence-corrected chi connectivity index (χ1v) is 9.18. The average molecular weight is 370 g/mol. The van der Waals surface area contributed by atoms with Gasteiger partial charge in [0.05, 0.1) is 5.69 Å². The van der Waals surface area contributed by atoms with Gasteiger partial charge < -0.3 is 25.2 Å². The first-order valence-electron chi connectivity index (χ1n) is 9.18. The van der Waals surface area contributed by atoms with E-state index in [1.165, 1.54) is 11.6 Å². The third-order valence-corrected chi connectivity index (χ3v) is 4.94. The maximum absolute atomic E-state index is 11.5. The molecule has 0 saturated carbocycles. The number of anilines is 1. The Morgan fingerprint density at radius 3 is 2.63 bits per heavy atom. The number of rotatable bonds is 7. The highest BCUT2D eigenvalue weighted by Gasteiger charge is 2.20. The Bertz CT molecular complexity index is 805. The summed E-state index contributed by atoms with van der Waals surface area (Å²) in [6.07, 6.45) is 1.72. The van der Waals surface area contributed by atoms with E-state index in [1.807, 2.05) is 12.1 Å². The predicted molar refractivity (Wildman–Crippen MR) is 105 cm³/mol. The molecule has 2 aromatic carbocycles. The Morgan fingerprint density at radius 2 is 1.89 bits per heavy atom. The fourth-order valence-corrected chi connectivity index (χ4v) is 3.25. The van der Waals surface area contributed by atoms with E-state index in [0.717, 1.165) is 31.5 Å². The number of likely N-dealkylation sites (N-methyl/N-ethyl adjacent to an activating group) is 1. The lowest BCUT2D eigenvalue weighted by Crippen LogP contribution is -2.27. The second-order valence-electron chi connectivity index (χ2n) is 7.15. The van der Waals surface area contributed by atoms with E-state index >= 15 is 0 Å². The van der Waals surface area contributed by atoms with Crippen LogP contribution in [0.1, 0.15) is 30.4 Å². The number of aromatic hydroxyl groups is 2. The first-order chi connectivity index (χ1) is 12.9. The highest BCUT2D eigenvalue weighted by molar-refractivity contribution is 5.96. The van der Waals surface area contributed by atoms with Crippen molar-refractivity contribution in [3.8, 4) is 17.2 Å². The number of carbonyl (C=O) groups excluding carboxylic acids is 1. The molecule has 0 bridgehead atoms. The number of phenols is 2. The third-order valence-electron chi connectivity index (χ3n) is 4.94. The molecule has 1 amide bonds. The van der Waals surface area contributed by atoms with E-state index in [1.54, 1.807) is 18.2 Å². The number of benzene rings is 2. The van der Waals surface area contributed by atoms with Crippen LogP contribution >= 0.6 is 0 Å². The molecule has 1 aliphatic heterocycles. The van der Waals surface area contributed by atoms with Crippen LogP contribution in [0.5, 0.6) is 17.2 Å². The number of ether oxygens (including phenoxy) is 1. The van der Waals surface area contributed by atoms with Crippen molar-refractivity contribution in [2.24, 2.45) is 0 Å². The Kier molecular flexibility index (Phi) is 5.86. The number of amides is 1. The second kappa shape index (κ2) is 8.31. The molecule has 144 valence electrons. The van der Waals surface area contributed by atoms with Crippen LogP contribution < -0.4 is 10.1 Å². The van der Waals surface area contributed by atoms with Crippen molar-refractivity contribution in [1.82, 2.24) is 4.90 Å². The van der Waals surface area contributed by atoms with Gasteiger partial charge in [0.2, 0.25) is 0 Å². The van der Waals surface area contributed by atoms with Gasteiger partial charge in [0.25, 0.3) is 5.91 Å². The fraction of sp³-hybridized carbons (Fsp3) is 0.381. The zero-order chi connectivity index (χ0) is 19.4. The van der Waals surface area contributed by atoms with Crippen LogP contribution in [0.4, 0.5) is 5.69 Å². The number of phenolic OH excluding ortho intramolecular Hbond substituents is 2. The van der Waals surface area contributed by atoms with Crippen LogP contribution in [0, 0.1) is 0 Å². The van der Waals surface area contributed by atoms with Gasteiger partial charge >= 0.3 is 0 Å². The summed E-state index contributed by atoms with van der Waals surface area (Å²) in [4.78, 5) is 13.7. The maximum atomic E-state index is 11.5. The van der Waals surface area contributed by atoms with Crippen LogP contribution in [-0.4, -0.2) is 47.8 Å². The normalized spacial score (nSPS) is 14.4. The molecule has 1 unspecified atom stereocenters. The summed E-state index contributed by atoms with van der Waals surface area (Å²) in [6, 6.07) is 10.6. The lowest BCUT2D eigenvalue weighted by Gasteiger charge is -2.23. The van der Waals surface area contributed by atoms with Crippen molar-refractivity contribution in [3.05, 3.63) is 47.5 Å². The number of nitrogens with zero attached hydrogens (tertiary/aromatic N) is 1. The quantitative estimate of drug-likeness (QED) is 0.698. The smallest absolute Gasteiger partial charge is 0.262 e. The topological polar surface area (TPSA) is 82.0 Å². The van der Waals surface area contributed by atoms with Crippen molar-refractivity contribution >= 4 is 11.6 Å². The molecule has 6 heteroatoms. The predicted octanol–water partition coefficient (Wildman–Crippen LogP) is 3.10. The monoisotopic (exact) mass is 370 g/mol. The zero-order valence-electron chi connectivity index (χ0n) is 15.7. The van der Waals surface area contributed by atoms with Gasteiger partial charge in [-0.2, -0.15) is 0 Å². The molecule has 3 N–H and O–H groups in total. The first kappa shape index (κ1) is 19.0. The number of carbonyl (C=O) groups is 1. The molecule has 27 heavy (non-hydrogen) atoms. The fourth-order valence-electron chi connectivity index (χ4n) is 3.25. The maximum Gasteiger partial charge on any atom is 0.262 e. The molecular formula is C21H26N2O4. The Morgan fingerprint density at radius 1 is 1.15 bits per heavy atom. The number of hydrogen-bond acceptors (Lipinski definition) is 5. The number of nitrogens with one attached hydrogen (secondary N) is 1. The lowest BCUT2D eigenvalue weighted by molar-refractivity contribution is -0.118. The van der Waals surface area contributed by atoms with Gasteiger partial charge in [0, 0.05) is 18.2 Å². The molecule has 0 aliphatic carbocycles. The molecule has 3 rings (SSSR count). The summed E-state index contributed by atoms with van der Waals surface area (Å²) >= 11 is 0. The standard InChI is InChI=1S/C21H26N2O4/c1-14(15-3-5-17(24)6-4-15)7-9-23(2)10-8-16-11-18(25)12-19-21(16)27-13-20(26)22-19/h3-6,11-12,14,24-25H,7-10,13H2,1-2H3,(H,22,26). The summed E-state index contributed by atoms with van der Waals surface area (Å²) in [5.41, 5.74) is 2.64. The van der Waals surface area contributed by atoms with Crippen LogP contribution in [0.2, 0.25) is 0 Å². The second-order valence-corrected chi connectivity index (χ2v) is 7.15. The molecule has 0 fully saturated rings. The molecule has 0 aromatic heterocycles. The average Bonchev–Trinajstić information content (AvgIpc) is 2.64. The minimum Gasteiger partial charge on any atom is -0.508 e. The Balaban J connectivity index is 1.54. The van der Waals surface area contributed by atoms with Crippen LogP contribution in [-0.2, 0) is 11.2 Å². The molecule has 6 nitrogen and oxygen atoms in total. The summed E-state index contributed by atoms with van der Waals surface area (Å²) < 4.78 is 5.56. The van der Waals surface area contributed by atoms with E-state index in [-0.39, 0.29) is 24.0 Å². The van der Waals surface area contributed by atoms with E-state index in [4.69, 9.17) is 4.74 Å². The molecular weight excluding hydrogens is 344 g/mol. The number of fused-ring (bicyclic) bond motifs is 1. The lowest BCUT2D eigenvalue weighted by atomic mass is 9.97. The molecule has 1 aliphatic rings. The summed E-state index contributed by atoms with van der Waals surface area (Å²) in [6.45, 7) is 3.93. The van der Waals surface area contributed by atoms with E-state index in [0.29, 0.717) is 17.4 Å². The van der Waals surface area contributed by atoms with Crippen molar-refractivity contribution < 1.29 is 19.7 Å². The molecule has 2 aromatic rings. The minimum atomic E-state index is -0.209. The molecule has 1 atom stereocenters. The van der Waals surface area contributed by atoms with Crippen LogP contribution in [0.3, 0.4) is 0 Å². The minimum absolute atomic E-state index is 0.00472. The highest BCUT2D eigenvalue weighted by atomic mass is 16.5. The Labute approximate surface area is 159 Å². The van der Waals surface area contributed by atoms with Gasteiger partial charge in [-0.25, -0.2) is 0 Å². The molecule has 0 radical (unpaired) electrons.